The molecule has 0 saturated carbocycles. The molecule has 174 valence electrons. The molecule has 1 saturated heterocycles. The first-order valence-electron chi connectivity index (χ1n) is 11.0. The molecule has 2 aromatic rings. The number of phenolic OH excluding ortho intramolecular Hbond substituents is 1. The van der Waals surface area contributed by atoms with Crippen molar-refractivity contribution in [3.63, 3.8) is 0 Å². The lowest BCUT2D eigenvalue weighted by molar-refractivity contribution is -0.139. The van der Waals surface area contributed by atoms with Gasteiger partial charge in [-0.1, -0.05) is 25.8 Å². The van der Waals surface area contributed by atoms with E-state index in [1.807, 2.05) is 0 Å². The normalized spacial score (nSPS) is 19.1. The summed E-state index contributed by atoms with van der Waals surface area (Å²) in [6.45, 7) is 3.22. The van der Waals surface area contributed by atoms with Gasteiger partial charge in [0, 0.05) is 12.1 Å². The third kappa shape index (κ3) is 4.20. The summed E-state index contributed by atoms with van der Waals surface area (Å²) >= 11 is 0. The molecule has 0 aromatic heterocycles. The SMILES string of the molecule is CCCCCN1C(=O)C(=O)/C(=C(\O)c2ccc3c(c2)OCCO3)C1c1ccc(OC)c(O)c1. The van der Waals surface area contributed by atoms with Crippen molar-refractivity contribution in [3.05, 3.63) is 53.1 Å². The van der Waals surface area contributed by atoms with Gasteiger partial charge in [-0.2, -0.15) is 0 Å². The topological polar surface area (TPSA) is 106 Å². The maximum atomic E-state index is 13.1. The first-order chi connectivity index (χ1) is 16.0. The number of hydrogen-bond acceptors (Lipinski definition) is 7. The van der Waals surface area contributed by atoms with Crippen LogP contribution in [0.25, 0.3) is 5.76 Å². The Morgan fingerprint density at radius 2 is 1.85 bits per heavy atom. The Bertz CT molecular complexity index is 1110. The molecule has 0 aliphatic carbocycles. The zero-order valence-corrected chi connectivity index (χ0v) is 18.7. The predicted octanol–water partition coefficient (Wildman–Crippen LogP) is 3.78. The number of aliphatic hydroxyl groups excluding tert-OH is 1. The van der Waals surface area contributed by atoms with E-state index in [-0.39, 0.29) is 22.8 Å². The number of aromatic hydroxyl groups is 1. The van der Waals surface area contributed by atoms with Crippen LogP contribution in [0, 0.1) is 0 Å². The molecule has 8 heteroatoms. The predicted molar refractivity (Wildman–Crippen MR) is 121 cm³/mol. The summed E-state index contributed by atoms with van der Waals surface area (Å²) in [7, 11) is 1.44. The van der Waals surface area contributed by atoms with Crippen molar-refractivity contribution < 1.29 is 34.0 Å². The number of nitrogens with zero attached hydrogens (tertiary/aromatic N) is 1. The highest BCUT2D eigenvalue weighted by molar-refractivity contribution is 6.46. The van der Waals surface area contributed by atoms with Crippen molar-refractivity contribution in [1.29, 1.82) is 0 Å². The molecule has 2 aromatic carbocycles. The number of hydrogen-bond donors (Lipinski definition) is 2. The number of methoxy groups -OCH3 is 1. The third-order valence-electron chi connectivity index (χ3n) is 5.88. The number of ether oxygens (including phenoxy) is 3. The van der Waals surface area contributed by atoms with Gasteiger partial charge < -0.3 is 29.3 Å². The number of ketones is 1. The Kier molecular flexibility index (Phi) is 6.44. The van der Waals surface area contributed by atoms with Crippen LogP contribution in [-0.4, -0.2) is 53.7 Å². The summed E-state index contributed by atoms with van der Waals surface area (Å²) in [5.41, 5.74) is 0.814. The second kappa shape index (κ2) is 9.44. The molecule has 2 heterocycles. The van der Waals surface area contributed by atoms with Crippen LogP contribution in [0.1, 0.15) is 43.4 Å². The number of carbonyl (C=O) groups excluding carboxylic acids is 2. The summed E-state index contributed by atoms with van der Waals surface area (Å²) in [6.07, 6.45) is 2.56. The molecular formula is C25H27NO7. The Morgan fingerprint density at radius 3 is 2.55 bits per heavy atom. The molecule has 0 spiro atoms. The average molecular weight is 453 g/mol. The van der Waals surface area contributed by atoms with Crippen molar-refractivity contribution in [3.8, 4) is 23.0 Å². The number of benzene rings is 2. The van der Waals surface area contributed by atoms with Crippen LogP contribution in [0.15, 0.2) is 42.0 Å². The van der Waals surface area contributed by atoms with Gasteiger partial charge in [0.05, 0.1) is 18.7 Å². The van der Waals surface area contributed by atoms with Gasteiger partial charge >= 0.3 is 0 Å². The van der Waals surface area contributed by atoms with Crippen LogP contribution < -0.4 is 14.2 Å². The third-order valence-corrected chi connectivity index (χ3v) is 5.88. The van der Waals surface area contributed by atoms with Crippen LogP contribution in [-0.2, 0) is 9.59 Å². The molecule has 1 fully saturated rings. The van der Waals surface area contributed by atoms with Gasteiger partial charge in [0.1, 0.15) is 19.0 Å². The summed E-state index contributed by atoms with van der Waals surface area (Å²) in [6, 6.07) is 8.74. The molecule has 8 nitrogen and oxygen atoms in total. The zero-order chi connectivity index (χ0) is 23.5. The van der Waals surface area contributed by atoms with Crippen LogP contribution in [0.5, 0.6) is 23.0 Å². The van der Waals surface area contributed by atoms with Crippen molar-refractivity contribution in [1.82, 2.24) is 4.90 Å². The Hall–Kier alpha value is -3.68. The van der Waals surface area contributed by atoms with E-state index >= 15 is 0 Å². The molecule has 2 N–H and O–H groups in total. The van der Waals surface area contributed by atoms with E-state index in [1.54, 1.807) is 30.3 Å². The van der Waals surface area contributed by atoms with Crippen LogP contribution in [0.2, 0.25) is 0 Å². The average Bonchev–Trinajstić information content (AvgIpc) is 3.08. The minimum Gasteiger partial charge on any atom is -0.507 e. The van der Waals surface area contributed by atoms with Gasteiger partial charge in [0.15, 0.2) is 23.0 Å². The number of phenols is 1. The fourth-order valence-electron chi connectivity index (χ4n) is 4.21. The molecule has 1 unspecified atom stereocenters. The first kappa shape index (κ1) is 22.5. The summed E-state index contributed by atoms with van der Waals surface area (Å²) in [5.74, 6) is -0.578. The van der Waals surface area contributed by atoms with E-state index < -0.39 is 17.7 Å². The molecule has 0 bridgehead atoms. The number of rotatable bonds is 7. The number of aliphatic hydroxyl groups is 1. The van der Waals surface area contributed by atoms with Crippen LogP contribution in [0.4, 0.5) is 0 Å². The Labute approximate surface area is 192 Å². The smallest absolute Gasteiger partial charge is 0.295 e. The van der Waals surface area contributed by atoms with Gasteiger partial charge in [-0.3, -0.25) is 9.59 Å². The molecular weight excluding hydrogens is 426 g/mol. The number of fused-ring (bicyclic) bond motifs is 1. The highest BCUT2D eigenvalue weighted by Gasteiger charge is 2.46. The van der Waals surface area contributed by atoms with E-state index in [2.05, 4.69) is 6.92 Å². The summed E-state index contributed by atoms with van der Waals surface area (Å²) < 4.78 is 16.2. The second-order valence-electron chi connectivity index (χ2n) is 7.99. The number of amides is 1. The lowest BCUT2D eigenvalue weighted by Gasteiger charge is -2.26. The largest absolute Gasteiger partial charge is 0.507 e. The van der Waals surface area contributed by atoms with Gasteiger partial charge in [0.2, 0.25) is 0 Å². The van der Waals surface area contributed by atoms with Crippen molar-refractivity contribution in [2.24, 2.45) is 0 Å². The number of carbonyl (C=O) groups is 2. The maximum absolute atomic E-state index is 13.1. The quantitative estimate of drug-likeness (QED) is 0.284. The highest BCUT2D eigenvalue weighted by atomic mass is 16.6. The standard InChI is InChI=1S/C25H27NO7/c1-3-4-5-10-26-22(15-6-8-18(31-2)17(27)13-15)21(24(29)25(26)30)23(28)16-7-9-19-20(14-16)33-12-11-32-19/h6-9,13-14,22,27-28H,3-5,10-12H2,1-2H3/b23-21-. The van der Waals surface area contributed by atoms with Crippen LogP contribution in [0.3, 0.4) is 0 Å². The monoisotopic (exact) mass is 453 g/mol. The summed E-state index contributed by atoms with van der Waals surface area (Å²) in [4.78, 5) is 27.5. The number of Topliss-reactive ketones (excluding diaryl/α,β-unsaturated/α-hetero) is 1. The fraction of sp³-hybridized carbons (Fsp3) is 0.360. The molecule has 0 radical (unpaired) electrons. The zero-order valence-electron chi connectivity index (χ0n) is 18.7. The highest BCUT2D eigenvalue weighted by Crippen LogP contribution is 2.43. The lowest BCUT2D eigenvalue weighted by atomic mass is 9.94. The van der Waals surface area contributed by atoms with Gasteiger partial charge in [-0.25, -0.2) is 0 Å². The molecule has 2 aliphatic rings. The minimum absolute atomic E-state index is 0.0299. The van der Waals surface area contributed by atoms with E-state index in [1.165, 1.54) is 18.1 Å². The molecule has 4 rings (SSSR count). The minimum atomic E-state index is -0.841. The molecule has 33 heavy (non-hydrogen) atoms. The lowest BCUT2D eigenvalue weighted by Crippen LogP contribution is -2.30. The van der Waals surface area contributed by atoms with E-state index in [4.69, 9.17) is 14.2 Å². The van der Waals surface area contributed by atoms with Crippen molar-refractivity contribution >= 4 is 17.4 Å². The van der Waals surface area contributed by atoms with Gasteiger partial charge in [-0.15, -0.1) is 0 Å². The Morgan fingerprint density at radius 1 is 1.09 bits per heavy atom. The fourth-order valence-corrected chi connectivity index (χ4v) is 4.21. The maximum Gasteiger partial charge on any atom is 0.295 e. The number of likely N-dealkylation sites (tertiary alicyclic amines) is 1. The second-order valence-corrected chi connectivity index (χ2v) is 7.99. The van der Waals surface area contributed by atoms with E-state index in [0.29, 0.717) is 48.8 Å². The van der Waals surface area contributed by atoms with Gasteiger partial charge in [-0.05, 0) is 42.3 Å². The van der Waals surface area contributed by atoms with E-state index in [0.717, 1.165) is 12.8 Å². The van der Waals surface area contributed by atoms with Gasteiger partial charge in [0.25, 0.3) is 11.7 Å². The Balaban J connectivity index is 1.82. The molecule has 1 atom stereocenters. The molecule has 1 amide bonds. The van der Waals surface area contributed by atoms with Crippen LogP contribution >= 0.6 is 0 Å². The summed E-state index contributed by atoms with van der Waals surface area (Å²) in [5, 5.41) is 21.5. The van der Waals surface area contributed by atoms with Crippen molar-refractivity contribution in [2.75, 3.05) is 26.9 Å². The van der Waals surface area contributed by atoms with Crippen molar-refractivity contribution in [2.45, 2.75) is 32.2 Å². The number of unbranched alkanes of at least 4 members (excludes halogenated alkanes) is 2. The van der Waals surface area contributed by atoms with E-state index in [9.17, 15) is 19.8 Å². The first-order valence-corrected chi connectivity index (χ1v) is 11.0. The molecule has 2 aliphatic heterocycles.